The Balaban J connectivity index is 2.15. The molecule has 1 atom stereocenters. The maximum absolute atomic E-state index is 12.9. The van der Waals surface area contributed by atoms with Crippen LogP contribution < -0.4 is 5.32 Å². The second-order valence-corrected chi connectivity index (χ2v) is 4.22. The normalized spacial score (nSPS) is 12.3. The lowest BCUT2D eigenvalue weighted by atomic mass is 9.99. The summed E-state index contributed by atoms with van der Waals surface area (Å²) in [5, 5.41) is 3.42. The van der Waals surface area contributed by atoms with Crippen molar-refractivity contribution in [2.45, 2.75) is 19.4 Å². The number of likely N-dealkylation sites (N-methyl/N-ethyl adjacent to an activating group) is 1. The van der Waals surface area contributed by atoms with E-state index in [9.17, 15) is 4.39 Å². The first-order valence-electron chi connectivity index (χ1n) is 6.17. The first-order chi connectivity index (χ1) is 8.79. The number of benzene rings is 1. The van der Waals surface area contributed by atoms with E-state index in [1.54, 1.807) is 12.4 Å². The van der Waals surface area contributed by atoms with Crippen LogP contribution in [0.25, 0.3) is 0 Å². The van der Waals surface area contributed by atoms with Crippen LogP contribution in [0.3, 0.4) is 0 Å². The van der Waals surface area contributed by atoms with Crippen LogP contribution in [0.5, 0.6) is 0 Å². The Morgan fingerprint density at radius 2 is 1.78 bits per heavy atom. The van der Waals surface area contributed by atoms with Gasteiger partial charge in [-0.2, -0.15) is 0 Å². The van der Waals surface area contributed by atoms with Gasteiger partial charge < -0.3 is 5.32 Å². The molecule has 0 bridgehead atoms. The van der Waals surface area contributed by atoms with Crippen molar-refractivity contribution in [1.82, 2.24) is 10.3 Å². The summed E-state index contributed by atoms with van der Waals surface area (Å²) >= 11 is 0. The summed E-state index contributed by atoms with van der Waals surface area (Å²) < 4.78 is 12.9. The van der Waals surface area contributed by atoms with Gasteiger partial charge in [0.25, 0.3) is 0 Å². The van der Waals surface area contributed by atoms with Crippen LogP contribution in [0.1, 0.15) is 24.1 Å². The lowest BCUT2D eigenvalue weighted by Crippen LogP contribution is -2.22. The number of halogens is 1. The molecular weight excluding hydrogens is 227 g/mol. The molecule has 0 fully saturated rings. The molecule has 1 heterocycles. The van der Waals surface area contributed by atoms with Gasteiger partial charge in [0.2, 0.25) is 0 Å². The average Bonchev–Trinajstić information content (AvgIpc) is 2.40. The highest BCUT2D eigenvalue weighted by Gasteiger charge is 2.10. The molecule has 0 radical (unpaired) electrons. The standard InChI is InChI=1S/C15H17FN2/c1-2-18-15(11-12-7-9-17-10-8-12)13-3-5-14(16)6-4-13/h3-10,15,18H,2,11H2,1H3. The van der Waals surface area contributed by atoms with Crippen LogP contribution in [-0.2, 0) is 6.42 Å². The summed E-state index contributed by atoms with van der Waals surface area (Å²) in [6.07, 6.45) is 4.47. The summed E-state index contributed by atoms with van der Waals surface area (Å²) in [4.78, 5) is 4.01. The van der Waals surface area contributed by atoms with Crippen LogP contribution in [0.4, 0.5) is 4.39 Å². The van der Waals surface area contributed by atoms with Crippen LogP contribution in [0.15, 0.2) is 48.8 Å². The quantitative estimate of drug-likeness (QED) is 0.874. The molecule has 0 aliphatic carbocycles. The molecule has 2 nitrogen and oxygen atoms in total. The Hall–Kier alpha value is -1.74. The molecule has 0 aliphatic rings. The van der Waals surface area contributed by atoms with Crippen molar-refractivity contribution in [2.75, 3.05) is 6.54 Å². The molecule has 1 aromatic carbocycles. The van der Waals surface area contributed by atoms with Crippen molar-refractivity contribution in [3.05, 3.63) is 65.7 Å². The Labute approximate surface area is 107 Å². The van der Waals surface area contributed by atoms with E-state index in [1.165, 1.54) is 17.7 Å². The van der Waals surface area contributed by atoms with Crippen molar-refractivity contribution in [2.24, 2.45) is 0 Å². The number of aromatic nitrogens is 1. The van der Waals surface area contributed by atoms with E-state index in [-0.39, 0.29) is 11.9 Å². The lowest BCUT2D eigenvalue weighted by Gasteiger charge is -2.18. The number of nitrogens with one attached hydrogen (secondary N) is 1. The minimum absolute atomic E-state index is 0.196. The number of hydrogen-bond donors (Lipinski definition) is 1. The lowest BCUT2D eigenvalue weighted by molar-refractivity contribution is 0.547. The van der Waals surface area contributed by atoms with E-state index < -0.39 is 0 Å². The molecule has 0 saturated heterocycles. The Morgan fingerprint density at radius 3 is 2.39 bits per heavy atom. The summed E-state index contributed by atoms with van der Waals surface area (Å²) in [6, 6.07) is 10.9. The third-order valence-corrected chi connectivity index (χ3v) is 2.91. The molecule has 18 heavy (non-hydrogen) atoms. The smallest absolute Gasteiger partial charge is 0.123 e. The van der Waals surface area contributed by atoms with Gasteiger partial charge in [0.05, 0.1) is 0 Å². The molecule has 0 amide bonds. The van der Waals surface area contributed by atoms with Crippen LogP contribution in [0, 0.1) is 5.82 Å². The van der Waals surface area contributed by atoms with E-state index in [0.717, 1.165) is 18.5 Å². The largest absolute Gasteiger partial charge is 0.310 e. The van der Waals surface area contributed by atoms with Gasteiger partial charge in [-0.05, 0) is 48.4 Å². The average molecular weight is 244 g/mol. The maximum atomic E-state index is 12.9. The first-order valence-corrected chi connectivity index (χ1v) is 6.17. The third kappa shape index (κ3) is 3.37. The summed E-state index contributed by atoms with van der Waals surface area (Å²) in [5.74, 6) is -0.196. The zero-order chi connectivity index (χ0) is 12.8. The zero-order valence-corrected chi connectivity index (χ0v) is 10.4. The fourth-order valence-corrected chi connectivity index (χ4v) is 2.00. The third-order valence-electron chi connectivity index (χ3n) is 2.91. The number of rotatable bonds is 5. The monoisotopic (exact) mass is 244 g/mol. The van der Waals surface area contributed by atoms with Gasteiger partial charge in [-0.3, -0.25) is 4.98 Å². The second-order valence-electron chi connectivity index (χ2n) is 4.22. The highest BCUT2D eigenvalue weighted by molar-refractivity contribution is 5.23. The van der Waals surface area contributed by atoms with E-state index in [1.807, 2.05) is 24.3 Å². The topological polar surface area (TPSA) is 24.9 Å². The van der Waals surface area contributed by atoms with E-state index in [0.29, 0.717) is 0 Å². The molecule has 2 aromatic rings. The molecule has 2 rings (SSSR count). The van der Waals surface area contributed by atoms with Crippen molar-refractivity contribution in [3.63, 3.8) is 0 Å². The molecule has 3 heteroatoms. The number of nitrogens with zero attached hydrogens (tertiary/aromatic N) is 1. The number of hydrogen-bond acceptors (Lipinski definition) is 2. The number of pyridine rings is 1. The van der Waals surface area contributed by atoms with Crippen molar-refractivity contribution in [3.8, 4) is 0 Å². The van der Waals surface area contributed by atoms with Gasteiger partial charge in [0, 0.05) is 18.4 Å². The van der Waals surface area contributed by atoms with E-state index in [4.69, 9.17) is 0 Å². The van der Waals surface area contributed by atoms with Crippen LogP contribution >= 0.6 is 0 Å². The van der Waals surface area contributed by atoms with Crippen molar-refractivity contribution in [1.29, 1.82) is 0 Å². The zero-order valence-electron chi connectivity index (χ0n) is 10.4. The molecule has 1 aromatic heterocycles. The van der Waals surface area contributed by atoms with Gasteiger partial charge >= 0.3 is 0 Å². The van der Waals surface area contributed by atoms with Gasteiger partial charge in [0.1, 0.15) is 5.82 Å². The molecular formula is C15H17FN2. The van der Waals surface area contributed by atoms with Gasteiger partial charge in [-0.15, -0.1) is 0 Å². The van der Waals surface area contributed by atoms with Crippen molar-refractivity contribution >= 4 is 0 Å². The maximum Gasteiger partial charge on any atom is 0.123 e. The van der Waals surface area contributed by atoms with Gasteiger partial charge in [-0.1, -0.05) is 19.1 Å². The Bertz CT molecular complexity index is 468. The molecule has 0 saturated carbocycles. The first kappa shape index (κ1) is 12.7. The molecule has 0 spiro atoms. The second kappa shape index (κ2) is 6.26. The fourth-order valence-electron chi connectivity index (χ4n) is 2.00. The molecule has 1 N–H and O–H groups in total. The Kier molecular flexibility index (Phi) is 4.42. The van der Waals surface area contributed by atoms with E-state index in [2.05, 4.69) is 17.2 Å². The summed E-state index contributed by atoms with van der Waals surface area (Å²) in [6.45, 7) is 2.95. The fraction of sp³-hybridized carbons (Fsp3) is 0.267. The Morgan fingerprint density at radius 1 is 1.11 bits per heavy atom. The van der Waals surface area contributed by atoms with Crippen LogP contribution in [0.2, 0.25) is 0 Å². The van der Waals surface area contributed by atoms with Gasteiger partial charge in [0.15, 0.2) is 0 Å². The minimum Gasteiger partial charge on any atom is -0.310 e. The summed E-state index contributed by atoms with van der Waals surface area (Å²) in [5.41, 5.74) is 2.33. The molecule has 1 unspecified atom stereocenters. The molecule has 94 valence electrons. The summed E-state index contributed by atoms with van der Waals surface area (Å²) in [7, 11) is 0. The predicted octanol–water partition coefficient (Wildman–Crippen LogP) is 3.11. The highest BCUT2D eigenvalue weighted by atomic mass is 19.1. The van der Waals surface area contributed by atoms with Gasteiger partial charge in [-0.25, -0.2) is 4.39 Å². The minimum atomic E-state index is -0.196. The van der Waals surface area contributed by atoms with Crippen molar-refractivity contribution < 1.29 is 4.39 Å². The van der Waals surface area contributed by atoms with E-state index >= 15 is 0 Å². The highest BCUT2D eigenvalue weighted by Crippen LogP contribution is 2.18. The SMILES string of the molecule is CCNC(Cc1ccncc1)c1ccc(F)cc1. The predicted molar refractivity (Wildman–Crippen MR) is 70.8 cm³/mol. The molecule has 0 aliphatic heterocycles. The van der Waals surface area contributed by atoms with Crippen LogP contribution in [-0.4, -0.2) is 11.5 Å².